The largest absolute Gasteiger partial charge is 0.311 e. The topological polar surface area (TPSA) is 24.1 Å². The zero-order chi connectivity index (χ0) is 8.77. The highest BCUT2D eigenvalue weighted by Crippen LogP contribution is 2.36. The minimum Gasteiger partial charge on any atom is -0.311 e. The average Bonchev–Trinajstić information content (AvgIpc) is 2.05. The van der Waals surface area contributed by atoms with Crippen LogP contribution in [0.25, 0.3) is 0 Å². The van der Waals surface area contributed by atoms with Gasteiger partial charge in [-0.25, -0.2) is 0 Å². The molecule has 3 saturated heterocycles. The Morgan fingerprint density at radius 1 is 1.08 bits per heavy atom. The molecule has 2 bridgehead atoms. The van der Waals surface area contributed by atoms with Gasteiger partial charge in [0.1, 0.15) is 0 Å². The lowest BCUT2D eigenvalue weighted by atomic mass is 9.69. The summed E-state index contributed by atoms with van der Waals surface area (Å²) in [5.74, 6) is 0.859. The molecule has 0 saturated carbocycles. The maximum atomic E-state index is 3.61. The van der Waals surface area contributed by atoms with Crippen molar-refractivity contribution in [3.63, 3.8) is 0 Å². The lowest BCUT2D eigenvalue weighted by molar-refractivity contribution is 0.0802. The number of piperidine rings is 2. The normalized spacial score (nSPS) is 41.8. The van der Waals surface area contributed by atoms with E-state index in [2.05, 4.69) is 31.4 Å². The monoisotopic (exact) mass is 168 g/mol. The van der Waals surface area contributed by atoms with Crippen molar-refractivity contribution in [1.29, 1.82) is 0 Å². The minimum atomic E-state index is 0.471. The molecule has 3 aliphatic rings. The van der Waals surface area contributed by atoms with Crippen molar-refractivity contribution in [3.05, 3.63) is 0 Å². The summed E-state index contributed by atoms with van der Waals surface area (Å²) in [6.07, 6.45) is 1.36. The van der Waals surface area contributed by atoms with Crippen LogP contribution in [0.3, 0.4) is 0 Å². The maximum absolute atomic E-state index is 3.61. The Kier molecular flexibility index (Phi) is 1.92. The zero-order valence-electron chi connectivity index (χ0n) is 8.35. The van der Waals surface area contributed by atoms with Gasteiger partial charge in [-0.3, -0.25) is 0 Å². The van der Waals surface area contributed by atoms with Gasteiger partial charge >= 0.3 is 0 Å². The highest BCUT2D eigenvalue weighted by atomic mass is 15.1. The van der Waals surface area contributed by atoms with Crippen molar-refractivity contribution in [3.8, 4) is 0 Å². The van der Waals surface area contributed by atoms with Crippen molar-refractivity contribution in [2.45, 2.75) is 39.3 Å². The molecule has 3 heterocycles. The number of hydrogen-bond acceptors (Lipinski definition) is 2. The first-order valence-electron chi connectivity index (χ1n) is 5.04. The summed E-state index contributed by atoms with van der Waals surface area (Å²) in [5.41, 5.74) is 0.471. The van der Waals surface area contributed by atoms with Crippen LogP contribution in [0.1, 0.15) is 27.2 Å². The van der Waals surface area contributed by atoms with Gasteiger partial charge < -0.3 is 10.6 Å². The van der Waals surface area contributed by atoms with Gasteiger partial charge in [-0.1, -0.05) is 20.8 Å². The van der Waals surface area contributed by atoms with Crippen molar-refractivity contribution < 1.29 is 0 Å². The van der Waals surface area contributed by atoms with E-state index in [0.29, 0.717) is 5.41 Å². The molecule has 2 N–H and O–H groups in total. The molecule has 2 heteroatoms. The van der Waals surface area contributed by atoms with Gasteiger partial charge in [-0.15, -0.1) is 0 Å². The van der Waals surface area contributed by atoms with Gasteiger partial charge in [0.05, 0.1) is 0 Å². The predicted octanol–water partition coefficient (Wildman–Crippen LogP) is 0.982. The van der Waals surface area contributed by atoms with Gasteiger partial charge in [0, 0.05) is 25.2 Å². The molecule has 3 atom stereocenters. The van der Waals surface area contributed by atoms with Gasteiger partial charge in [-0.05, 0) is 17.8 Å². The van der Waals surface area contributed by atoms with Crippen LogP contribution in [0.15, 0.2) is 0 Å². The van der Waals surface area contributed by atoms with Crippen LogP contribution in [0, 0.1) is 11.3 Å². The van der Waals surface area contributed by atoms with E-state index in [4.69, 9.17) is 0 Å². The van der Waals surface area contributed by atoms with Crippen LogP contribution in [0.4, 0.5) is 0 Å². The Labute approximate surface area is 75.1 Å². The summed E-state index contributed by atoms with van der Waals surface area (Å²) in [6.45, 7) is 9.43. The molecular weight excluding hydrogens is 148 g/mol. The minimum absolute atomic E-state index is 0.471. The molecule has 3 aliphatic heterocycles. The second-order valence-corrected chi connectivity index (χ2v) is 5.33. The second-order valence-electron chi connectivity index (χ2n) is 5.33. The molecule has 0 aromatic heterocycles. The first kappa shape index (κ1) is 8.52. The summed E-state index contributed by atoms with van der Waals surface area (Å²) < 4.78 is 0. The maximum Gasteiger partial charge on any atom is 0.0227 e. The Morgan fingerprint density at radius 2 is 1.83 bits per heavy atom. The average molecular weight is 168 g/mol. The quantitative estimate of drug-likeness (QED) is 0.563. The van der Waals surface area contributed by atoms with E-state index in [1.807, 2.05) is 0 Å². The second kappa shape index (κ2) is 2.71. The Morgan fingerprint density at radius 3 is 2.08 bits per heavy atom. The molecule has 3 fully saturated rings. The molecule has 0 aromatic rings. The zero-order valence-corrected chi connectivity index (χ0v) is 8.35. The third kappa shape index (κ3) is 1.38. The molecule has 0 spiro atoms. The fourth-order valence-corrected chi connectivity index (χ4v) is 2.61. The van der Waals surface area contributed by atoms with E-state index < -0.39 is 0 Å². The standard InChI is InChI=1S/C10H20N2/c1-10(2,3)8-4-7-5-12-9(8)6-11-7/h7-9,11-12H,4-6H2,1-3H3. The highest BCUT2D eigenvalue weighted by Gasteiger charge is 2.40. The van der Waals surface area contributed by atoms with Gasteiger partial charge in [0.15, 0.2) is 0 Å². The van der Waals surface area contributed by atoms with Gasteiger partial charge in [0.25, 0.3) is 0 Å². The SMILES string of the molecule is CC(C)(C)C1CC2CNC1CN2. The molecule has 3 rings (SSSR count). The first-order valence-corrected chi connectivity index (χ1v) is 5.04. The third-order valence-electron chi connectivity index (χ3n) is 3.39. The number of hydrogen-bond donors (Lipinski definition) is 2. The predicted molar refractivity (Wildman–Crippen MR) is 51.1 cm³/mol. The number of rotatable bonds is 0. The molecular formula is C10H20N2. The fourth-order valence-electron chi connectivity index (χ4n) is 2.61. The van der Waals surface area contributed by atoms with Crippen molar-refractivity contribution in [2.24, 2.45) is 11.3 Å². The molecule has 3 unspecified atom stereocenters. The van der Waals surface area contributed by atoms with Crippen LogP contribution in [0.2, 0.25) is 0 Å². The summed E-state index contributed by atoms with van der Waals surface area (Å²) in [7, 11) is 0. The highest BCUT2D eigenvalue weighted by molar-refractivity contribution is 4.99. The molecule has 2 nitrogen and oxygen atoms in total. The number of nitrogens with one attached hydrogen (secondary N) is 2. The molecule has 0 amide bonds. The summed E-state index contributed by atoms with van der Waals surface area (Å²) >= 11 is 0. The molecule has 0 aromatic carbocycles. The smallest absolute Gasteiger partial charge is 0.0227 e. The first-order chi connectivity index (χ1) is 5.57. The Bertz CT molecular complexity index is 163. The van der Waals surface area contributed by atoms with Crippen molar-refractivity contribution in [2.75, 3.05) is 13.1 Å². The number of fused-ring (bicyclic) bond motifs is 3. The van der Waals surface area contributed by atoms with Crippen LogP contribution in [-0.2, 0) is 0 Å². The lowest BCUT2D eigenvalue weighted by Gasteiger charge is -2.49. The van der Waals surface area contributed by atoms with Crippen LogP contribution in [0.5, 0.6) is 0 Å². The van der Waals surface area contributed by atoms with E-state index in [1.54, 1.807) is 0 Å². The molecule has 12 heavy (non-hydrogen) atoms. The third-order valence-corrected chi connectivity index (χ3v) is 3.39. The fraction of sp³-hybridized carbons (Fsp3) is 1.00. The Hall–Kier alpha value is -0.0800. The molecule has 0 radical (unpaired) electrons. The van der Waals surface area contributed by atoms with E-state index in [9.17, 15) is 0 Å². The van der Waals surface area contributed by atoms with E-state index in [1.165, 1.54) is 19.5 Å². The number of piperazine rings is 1. The molecule has 0 aliphatic carbocycles. The van der Waals surface area contributed by atoms with Gasteiger partial charge in [-0.2, -0.15) is 0 Å². The van der Waals surface area contributed by atoms with E-state index >= 15 is 0 Å². The van der Waals surface area contributed by atoms with E-state index in [0.717, 1.165) is 18.0 Å². The summed E-state index contributed by atoms with van der Waals surface area (Å²) in [6, 6.07) is 1.45. The van der Waals surface area contributed by atoms with Crippen molar-refractivity contribution in [1.82, 2.24) is 10.6 Å². The Balaban J connectivity index is 2.09. The van der Waals surface area contributed by atoms with Crippen LogP contribution in [-0.4, -0.2) is 25.2 Å². The van der Waals surface area contributed by atoms with Crippen molar-refractivity contribution >= 4 is 0 Å². The van der Waals surface area contributed by atoms with Gasteiger partial charge in [0.2, 0.25) is 0 Å². The van der Waals surface area contributed by atoms with E-state index in [-0.39, 0.29) is 0 Å². The van der Waals surface area contributed by atoms with Crippen LogP contribution >= 0.6 is 0 Å². The summed E-state index contributed by atoms with van der Waals surface area (Å²) in [4.78, 5) is 0. The molecule has 70 valence electrons. The summed E-state index contributed by atoms with van der Waals surface area (Å²) in [5, 5.41) is 7.17. The van der Waals surface area contributed by atoms with Crippen LogP contribution < -0.4 is 10.6 Å². The lowest BCUT2D eigenvalue weighted by Crippen LogP contribution is -2.65.